The summed E-state index contributed by atoms with van der Waals surface area (Å²) < 4.78 is 0. The van der Waals surface area contributed by atoms with Gasteiger partial charge in [0.1, 0.15) is 0 Å². The topological polar surface area (TPSA) is 55.1 Å². The van der Waals surface area contributed by atoms with Gasteiger partial charge in [-0.05, 0) is 50.0 Å². The molecule has 0 saturated heterocycles. The highest BCUT2D eigenvalue weighted by Gasteiger charge is 2.19. The molecule has 1 heterocycles. The van der Waals surface area contributed by atoms with Gasteiger partial charge < -0.3 is 11.1 Å². The van der Waals surface area contributed by atoms with Gasteiger partial charge in [-0.1, -0.05) is 6.07 Å². The second-order valence-corrected chi connectivity index (χ2v) is 6.14. The van der Waals surface area contributed by atoms with Crippen molar-refractivity contribution in [3.05, 3.63) is 22.4 Å². The Bertz CT molecular complexity index is 356. The van der Waals surface area contributed by atoms with Gasteiger partial charge in [0.25, 0.3) is 0 Å². The summed E-state index contributed by atoms with van der Waals surface area (Å²) in [4.78, 5) is 13.1. The molecule has 0 spiro atoms. The third-order valence-electron chi connectivity index (χ3n) is 3.54. The smallest absolute Gasteiger partial charge is 0.220 e. The molecule has 18 heavy (non-hydrogen) atoms. The second kappa shape index (κ2) is 6.90. The fraction of sp³-hybridized carbons (Fsp3) is 0.643. The molecule has 0 bridgehead atoms. The Morgan fingerprint density at radius 3 is 2.83 bits per heavy atom. The molecule has 0 atom stereocenters. The van der Waals surface area contributed by atoms with Crippen molar-refractivity contribution < 1.29 is 4.79 Å². The van der Waals surface area contributed by atoms with Gasteiger partial charge in [-0.15, -0.1) is 11.3 Å². The first-order valence-corrected chi connectivity index (χ1v) is 7.69. The zero-order chi connectivity index (χ0) is 12.8. The lowest BCUT2D eigenvalue weighted by atomic mass is 9.92. The van der Waals surface area contributed by atoms with Crippen molar-refractivity contribution in [3.8, 4) is 0 Å². The Balaban J connectivity index is 1.60. The van der Waals surface area contributed by atoms with Crippen molar-refractivity contribution in [2.75, 3.05) is 0 Å². The number of nitrogens with one attached hydrogen (secondary N) is 1. The summed E-state index contributed by atoms with van der Waals surface area (Å²) in [5.41, 5.74) is 5.85. The molecule has 1 aromatic rings. The van der Waals surface area contributed by atoms with Crippen LogP contribution >= 0.6 is 11.3 Å². The molecular weight excluding hydrogens is 244 g/mol. The molecule has 0 unspecified atom stereocenters. The summed E-state index contributed by atoms with van der Waals surface area (Å²) in [7, 11) is 0. The molecule has 0 aliphatic heterocycles. The molecular formula is C14H22N2OS. The Morgan fingerprint density at radius 2 is 2.17 bits per heavy atom. The van der Waals surface area contributed by atoms with Crippen molar-refractivity contribution in [1.82, 2.24) is 5.32 Å². The third kappa shape index (κ3) is 4.42. The average molecular weight is 266 g/mol. The van der Waals surface area contributed by atoms with Gasteiger partial charge in [-0.3, -0.25) is 4.79 Å². The number of carbonyl (C=O) groups is 1. The van der Waals surface area contributed by atoms with E-state index in [-0.39, 0.29) is 5.91 Å². The van der Waals surface area contributed by atoms with Crippen LogP contribution in [0.25, 0.3) is 0 Å². The van der Waals surface area contributed by atoms with Crippen LogP contribution in [0.5, 0.6) is 0 Å². The SMILES string of the molecule is NC1CCC(NC(=O)CCCc2cccs2)CC1. The Kier molecular flexibility index (Phi) is 5.20. The van der Waals surface area contributed by atoms with Crippen molar-refractivity contribution in [2.24, 2.45) is 5.73 Å². The molecule has 1 saturated carbocycles. The zero-order valence-electron chi connectivity index (χ0n) is 10.7. The van der Waals surface area contributed by atoms with Crippen LogP contribution in [0.1, 0.15) is 43.4 Å². The molecule has 0 radical (unpaired) electrons. The number of carbonyl (C=O) groups excluding carboxylic acids is 1. The first kappa shape index (κ1) is 13.6. The minimum Gasteiger partial charge on any atom is -0.353 e. The molecule has 1 aromatic heterocycles. The number of hydrogen-bond donors (Lipinski definition) is 2. The molecule has 100 valence electrons. The van der Waals surface area contributed by atoms with Crippen molar-refractivity contribution >= 4 is 17.2 Å². The number of aryl methyl sites for hydroxylation is 1. The number of amides is 1. The molecule has 4 heteroatoms. The van der Waals surface area contributed by atoms with E-state index < -0.39 is 0 Å². The fourth-order valence-corrected chi connectivity index (χ4v) is 3.19. The van der Waals surface area contributed by atoms with Crippen LogP contribution in [0.2, 0.25) is 0 Å². The van der Waals surface area contributed by atoms with Crippen LogP contribution in [0.4, 0.5) is 0 Å². The van der Waals surface area contributed by atoms with Gasteiger partial charge >= 0.3 is 0 Å². The van der Waals surface area contributed by atoms with Crippen LogP contribution in [0.15, 0.2) is 17.5 Å². The molecule has 2 rings (SSSR count). The normalized spacial score (nSPS) is 23.8. The Morgan fingerprint density at radius 1 is 1.39 bits per heavy atom. The lowest BCUT2D eigenvalue weighted by molar-refractivity contribution is -0.122. The number of hydrogen-bond acceptors (Lipinski definition) is 3. The Labute approximate surface area is 113 Å². The summed E-state index contributed by atoms with van der Waals surface area (Å²) in [5, 5.41) is 5.21. The predicted octanol–water partition coefficient (Wildman–Crippen LogP) is 2.46. The summed E-state index contributed by atoms with van der Waals surface area (Å²) in [6.45, 7) is 0. The van der Waals surface area contributed by atoms with Gasteiger partial charge in [0.05, 0.1) is 0 Å². The van der Waals surface area contributed by atoms with E-state index in [1.165, 1.54) is 4.88 Å². The second-order valence-electron chi connectivity index (χ2n) is 5.11. The van der Waals surface area contributed by atoms with Crippen LogP contribution < -0.4 is 11.1 Å². The molecule has 3 nitrogen and oxygen atoms in total. The number of nitrogens with two attached hydrogens (primary N) is 1. The van der Waals surface area contributed by atoms with Crippen molar-refractivity contribution in [3.63, 3.8) is 0 Å². The minimum absolute atomic E-state index is 0.201. The summed E-state index contributed by atoms with van der Waals surface area (Å²) in [6.07, 6.45) is 6.76. The molecule has 3 N–H and O–H groups in total. The highest BCUT2D eigenvalue weighted by atomic mass is 32.1. The van der Waals surface area contributed by atoms with Crippen LogP contribution in [-0.4, -0.2) is 18.0 Å². The summed E-state index contributed by atoms with van der Waals surface area (Å²) in [5.74, 6) is 0.201. The number of thiophene rings is 1. The van der Waals surface area contributed by atoms with E-state index in [0.717, 1.165) is 38.5 Å². The standard InChI is InChI=1S/C14H22N2OS/c15-11-6-8-12(9-7-11)16-14(17)5-1-3-13-4-2-10-18-13/h2,4,10-12H,1,3,5-9,15H2,(H,16,17). The maximum atomic E-state index is 11.8. The maximum absolute atomic E-state index is 11.8. The van der Waals surface area contributed by atoms with Crippen LogP contribution in [-0.2, 0) is 11.2 Å². The van der Waals surface area contributed by atoms with Gasteiger partial charge in [-0.2, -0.15) is 0 Å². The molecule has 1 aliphatic rings. The summed E-state index contributed by atoms with van der Waals surface area (Å²) >= 11 is 1.76. The van der Waals surface area contributed by atoms with E-state index in [4.69, 9.17) is 5.73 Å². The lowest BCUT2D eigenvalue weighted by Crippen LogP contribution is -2.40. The van der Waals surface area contributed by atoms with Crippen molar-refractivity contribution in [1.29, 1.82) is 0 Å². The van der Waals surface area contributed by atoms with E-state index >= 15 is 0 Å². The maximum Gasteiger partial charge on any atom is 0.220 e. The summed E-state index contributed by atoms with van der Waals surface area (Å²) in [6, 6.07) is 4.90. The van der Waals surface area contributed by atoms with E-state index in [9.17, 15) is 4.79 Å². The van der Waals surface area contributed by atoms with Gasteiger partial charge in [0, 0.05) is 23.4 Å². The zero-order valence-corrected chi connectivity index (χ0v) is 11.5. The quantitative estimate of drug-likeness (QED) is 0.860. The largest absolute Gasteiger partial charge is 0.353 e. The van der Waals surface area contributed by atoms with Gasteiger partial charge in [0.2, 0.25) is 5.91 Å². The first-order valence-electron chi connectivity index (χ1n) is 6.81. The van der Waals surface area contributed by atoms with Crippen molar-refractivity contribution in [2.45, 2.75) is 57.0 Å². The third-order valence-corrected chi connectivity index (χ3v) is 4.48. The van der Waals surface area contributed by atoms with Crippen LogP contribution in [0.3, 0.4) is 0 Å². The predicted molar refractivity (Wildman–Crippen MR) is 75.6 cm³/mol. The first-order chi connectivity index (χ1) is 8.74. The molecule has 1 fully saturated rings. The molecule has 0 aromatic carbocycles. The minimum atomic E-state index is 0.201. The Hall–Kier alpha value is -0.870. The monoisotopic (exact) mass is 266 g/mol. The van der Waals surface area contributed by atoms with E-state index in [1.54, 1.807) is 11.3 Å². The molecule has 1 amide bonds. The van der Waals surface area contributed by atoms with E-state index in [2.05, 4.69) is 22.8 Å². The van der Waals surface area contributed by atoms with E-state index in [1.807, 2.05) is 0 Å². The van der Waals surface area contributed by atoms with Gasteiger partial charge in [0.15, 0.2) is 0 Å². The number of rotatable bonds is 5. The molecule has 1 aliphatic carbocycles. The highest BCUT2D eigenvalue weighted by molar-refractivity contribution is 7.09. The van der Waals surface area contributed by atoms with Gasteiger partial charge in [-0.25, -0.2) is 0 Å². The lowest BCUT2D eigenvalue weighted by Gasteiger charge is -2.26. The fourth-order valence-electron chi connectivity index (χ4n) is 2.44. The average Bonchev–Trinajstić information content (AvgIpc) is 2.85. The highest BCUT2D eigenvalue weighted by Crippen LogP contribution is 2.17. The van der Waals surface area contributed by atoms with E-state index in [0.29, 0.717) is 18.5 Å². The van der Waals surface area contributed by atoms with Crippen LogP contribution in [0, 0.1) is 0 Å².